The van der Waals surface area contributed by atoms with E-state index in [-0.39, 0.29) is 6.10 Å². The molecule has 1 aliphatic heterocycles. The summed E-state index contributed by atoms with van der Waals surface area (Å²) in [5, 5.41) is 13.4. The van der Waals surface area contributed by atoms with E-state index in [0.717, 1.165) is 44.1 Å². The van der Waals surface area contributed by atoms with E-state index in [9.17, 15) is 5.11 Å². The second kappa shape index (κ2) is 4.05. The van der Waals surface area contributed by atoms with Gasteiger partial charge in [-0.05, 0) is 31.6 Å². The molecule has 1 saturated heterocycles. The third-order valence-electron chi connectivity index (χ3n) is 3.36. The molecule has 16 heavy (non-hydrogen) atoms. The maximum absolute atomic E-state index is 9.41. The average Bonchev–Trinajstić information content (AvgIpc) is 2.97. The van der Waals surface area contributed by atoms with E-state index in [1.54, 1.807) is 0 Å². The normalized spacial score (nSPS) is 22.7. The number of aromatic nitrogens is 2. The van der Waals surface area contributed by atoms with E-state index >= 15 is 0 Å². The SMILES string of the molecule is OC1CCN(c2nc(CC3CC3)no2)CC1. The molecule has 3 rings (SSSR count). The summed E-state index contributed by atoms with van der Waals surface area (Å²) in [6, 6.07) is 0.627. The quantitative estimate of drug-likeness (QED) is 0.827. The molecule has 1 aromatic heterocycles. The first-order valence-electron chi connectivity index (χ1n) is 6.07. The summed E-state index contributed by atoms with van der Waals surface area (Å²) >= 11 is 0. The first kappa shape index (κ1) is 10.1. The van der Waals surface area contributed by atoms with E-state index < -0.39 is 0 Å². The molecular weight excluding hydrogens is 206 g/mol. The molecule has 0 atom stereocenters. The monoisotopic (exact) mass is 223 g/mol. The Morgan fingerprint density at radius 3 is 2.69 bits per heavy atom. The topological polar surface area (TPSA) is 62.4 Å². The third kappa shape index (κ3) is 2.19. The highest BCUT2D eigenvalue weighted by molar-refractivity contribution is 5.25. The van der Waals surface area contributed by atoms with Crippen molar-refractivity contribution in [2.45, 2.75) is 38.2 Å². The average molecular weight is 223 g/mol. The molecule has 1 N–H and O–H groups in total. The van der Waals surface area contributed by atoms with Crippen molar-refractivity contribution in [3.05, 3.63) is 5.82 Å². The number of piperidine rings is 1. The van der Waals surface area contributed by atoms with Crippen LogP contribution in [0.1, 0.15) is 31.5 Å². The number of hydrogen-bond donors (Lipinski definition) is 1. The van der Waals surface area contributed by atoms with Crippen molar-refractivity contribution < 1.29 is 9.63 Å². The molecule has 0 radical (unpaired) electrons. The van der Waals surface area contributed by atoms with Gasteiger partial charge in [-0.25, -0.2) is 0 Å². The summed E-state index contributed by atoms with van der Waals surface area (Å²) in [6.45, 7) is 1.62. The van der Waals surface area contributed by atoms with E-state index in [1.807, 2.05) is 0 Å². The van der Waals surface area contributed by atoms with Gasteiger partial charge in [0.05, 0.1) is 6.10 Å². The van der Waals surface area contributed by atoms with Crippen LogP contribution in [0.2, 0.25) is 0 Å². The van der Waals surface area contributed by atoms with Crippen molar-refractivity contribution in [2.75, 3.05) is 18.0 Å². The Hall–Kier alpha value is -1.10. The number of aliphatic hydroxyl groups is 1. The molecule has 2 fully saturated rings. The highest BCUT2D eigenvalue weighted by atomic mass is 16.5. The van der Waals surface area contributed by atoms with Crippen LogP contribution in [-0.2, 0) is 6.42 Å². The minimum absolute atomic E-state index is 0.162. The fraction of sp³-hybridized carbons (Fsp3) is 0.818. The Labute approximate surface area is 94.4 Å². The number of hydrogen-bond acceptors (Lipinski definition) is 5. The van der Waals surface area contributed by atoms with Gasteiger partial charge in [0, 0.05) is 19.5 Å². The van der Waals surface area contributed by atoms with Crippen LogP contribution in [0.3, 0.4) is 0 Å². The van der Waals surface area contributed by atoms with Crippen LogP contribution in [0.4, 0.5) is 6.01 Å². The lowest BCUT2D eigenvalue weighted by molar-refractivity contribution is 0.143. The Morgan fingerprint density at radius 2 is 2.00 bits per heavy atom. The summed E-state index contributed by atoms with van der Waals surface area (Å²) < 4.78 is 5.25. The van der Waals surface area contributed by atoms with E-state index in [2.05, 4.69) is 15.0 Å². The maximum atomic E-state index is 9.41. The summed E-state index contributed by atoms with van der Waals surface area (Å²) in [5.74, 6) is 1.62. The summed E-state index contributed by atoms with van der Waals surface area (Å²) in [4.78, 5) is 6.47. The zero-order chi connectivity index (χ0) is 11.0. The lowest BCUT2D eigenvalue weighted by Crippen LogP contribution is -2.35. The molecule has 0 unspecified atom stereocenters. The fourth-order valence-corrected chi connectivity index (χ4v) is 2.09. The van der Waals surface area contributed by atoms with Crippen molar-refractivity contribution in [1.82, 2.24) is 10.1 Å². The second-order valence-electron chi connectivity index (χ2n) is 4.86. The maximum Gasteiger partial charge on any atom is 0.324 e. The molecule has 88 valence electrons. The van der Waals surface area contributed by atoms with E-state index in [4.69, 9.17) is 4.52 Å². The van der Waals surface area contributed by atoms with Crippen LogP contribution < -0.4 is 4.90 Å². The summed E-state index contributed by atoms with van der Waals surface area (Å²) in [6.07, 6.45) is 4.99. The molecule has 0 spiro atoms. The van der Waals surface area contributed by atoms with E-state index in [1.165, 1.54) is 12.8 Å². The molecule has 1 aromatic rings. The van der Waals surface area contributed by atoms with Gasteiger partial charge in [0.2, 0.25) is 0 Å². The number of rotatable bonds is 3. The Bertz CT molecular complexity index is 354. The molecule has 2 aliphatic rings. The predicted octanol–water partition coefficient (Wildman–Crippen LogP) is 0.983. The van der Waals surface area contributed by atoms with Gasteiger partial charge in [-0.2, -0.15) is 4.98 Å². The number of aliphatic hydroxyl groups excluding tert-OH is 1. The van der Waals surface area contributed by atoms with Gasteiger partial charge in [-0.1, -0.05) is 5.16 Å². The van der Waals surface area contributed by atoms with Gasteiger partial charge in [0.15, 0.2) is 5.82 Å². The van der Waals surface area contributed by atoms with Gasteiger partial charge in [0.25, 0.3) is 0 Å². The van der Waals surface area contributed by atoms with Gasteiger partial charge in [-0.15, -0.1) is 0 Å². The highest BCUT2D eigenvalue weighted by Gasteiger charge is 2.26. The minimum atomic E-state index is -0.162. The molecule has 5 nitrogen and oxygen atoms in total. The van der Waals surface area contributed by atoms with Crippen molar-refractivity contribution in [3.8, 4) is 0 Å². The van der Waals surface area contributed by atoms with Crippen molar-refractivity contribution in [1.29, 1.82) is 0 Å². The molecule has 1 aliphatic carbocycles. The zero-order valence-electron chi connectivity index (χ0n) is 9.30. The molecular formula is C11H17N3O2. The smallest absolute Gasteiger partial charge is 0.324 e. The first-order valence-corrected chi connectivity index (χ1v) is 6.07. The van der Waals surface area contributed by atoms with Crippen molar-refractivity contribution in [3.63, 3.8) is 0 Å². The molecule has 0 bridgehead atoms. The Morgan fingerprint density at radius 1 is 1.25 bits per heavy atom. The molecule has 1 saturated carbocycles. The van der Waals surface area contributed by atoms with Gasteiger partial charge in [-0.3, -0.25) is 0 Å². The largest absolute Gasteiger partial charge is 0.393 e. The lowest BCUT2D eigenvalue weighted by Gasteiger charge is -2.27. The van der Waals surface area contributed by atoms with Crippen LogP contribution >= 0.6 is 0 Å². The van der Waals surface area contributed by atoms with Crippen molar-refractivity contribution >= 4 is 6.01 Å². The Balaban J connectivity index is 1.62. The number of anilines is 1. The summed E-state index contributed by atoms with van der Waals surface area (Å²) in [5.41, 5.74) is 0. The number of nitrogens with zero attached hydrogens (tertiary/aromatic N) is 3. The molecule has 0 aromatic carbocycles. The minimum Gasteiger partial charge on any atom is -0.393 e. The lowest BCUT2D eigenvalue weighted by atomic mass is 10.1. The molecule has 0 amide bonds. The van der Waals surface area contributed by atoms with Gasteiger partial charge < -0.3 is 14.5 Å². The van der Waals surface area contributed by atoms with Crippen LogP contribution in [0.15, 0.2) is 4.52 Å². The van der Waals surface area contributed by atoms with Crippen LogP contribution in [0, 0.1) is 5.92 Å². The molecule has 2 heterocycles. The summed E-state index contributed by atoms with van der Waals surface area (Å²) in [7, 11) is 0. The predicted molar refractivity (Wildman–Crippen MR) is 58.2 cm³/mol. The highest BCUT2D eigenvalue weighted by Crippen LogP contribution is 2.32. The standard InChI is InChI=1S/C11H17N3O2/c15-9-3-5-14(6-4-9)11-12-10(13-16-11)7-8-1-2-8/h8-9,15H,1-7H2. The van der Waals surface area contributed by atoms with E-state index in [0.29, 0.717) is 6.01 Å². The van der Waals surface area contributed by atoms with Crippen LogP contribution in [-0.4, -0.2) is 34.4 Å². The second-order valence-corrected chi connectivity index (χ2v) is 4.86. The van der Waals surface area contributed by atoms with Gasteiger partial charge >= 0.3 is 6.01 Å². The Kier molecular flexibility index (Phi) is 2.55. The third-order valence-corrected chi connectivity index (χ3v) is 3.36. The first-order chi connectivity index (χ1) is 7.81. The fourth-order valence-electron chi connectivity index (χ4n) is 2.09. The van der Waals surface area contributed by atoms with Crippen LogP contribution in [0.25, 0.3) is 0 Å². The van der Waals surface area contributed by atoms with Crippen molar-refractivity contribution in [2.24, 2.45) is 5.92 Å². The molecule has 5 heteroatoms. The zero-order valence-corrected chi connectivity index (χ0v) is 9.30. The van der Waals surface area contributed by atoms with Gasteiger partial charge in [0.1, 0.15) is 0 Å². The van der Waals surface area contributed by atoms with Crippen LogP contribution in [0.5, 0.6) is 0 Å².